The van der Waals surface area contributed by atoms with Crippen LogP contribution in [-0.2, 0) is 0 Å². The van der Waals surface area contributed by atoms with Crippen molar-refractivity contribution in [3.8, 4) is 19.5 Å². The van der Waals surface area contributed by atoms with E-state index in [-0.39, 0.29) is 20.9 Å². The van der Waals surface area contributed by atoms with Gasteiger partial charge in [-0.15, -0.1) is 56.7 Å². The zero-order valence-electron chi connectivity index (χ0n) is 22.3. The summed E-state index contributed by atoms with van der Waals surface area (Å²) >= 11 is 6.12. The Morgan fingerprint density at radius 3 is 1.17 bits per heavy atom. The molecule has 0 aromatic carbocycles. The Bertz CT molecular complexity index is 1810. The maximum absolute atomic E-state index is 13.9. The number of hydrogen-bond acceptors (Lipinski definition) is 9. The molecule has 5 heterocycles. The molecule has 0 atom stereocenters. The van der Waals surface area contributed by atoms with Crippen LogP contribution in [0, 0.1) is 13.8 Å². The fourth-order valence-corrected chi connectivity index (χ4v) is 11.6. The number of carbonyl (C=O) groups excluding carboxylic acids is 4. The van der Waals surface area contributed by atoms with Crippen molar-refractivity contribution in [2.75, 3.05) is 0 Å². The van der Waals surface area contributed by atoms with Crippen LogP contribution < -0.4 is 0 Å². The van der Waals surface area contributed by atoms with Crippen LogP contribution in [0.4, 0.5) is 17.6 Å². The highest BCUT2D eigenvalue weighted by Crippen LogP contribution is 2.53. The predicted molar refractivity (Wildman–Crippen MR) is 161 cm³/mol. The number of halogens is 4. The summed E-state index contributed by atoms with van der Waals surface area (Å²) in [6.07, 6.45) is 0. The van der Waals surface area contributed by atoms with E-state index in [2.05, 4.69) is 0 Å². The third-order valence-electron chi connectivity index (χ3n) is 6.57. The van der Waals surface area contributed by atoms with Crippen LogP contribution >= 0.6 is 56.7 Å². The molecule has 0 unspecified atom stereocenters. The first-order valence-electron chi connectivity index (χ1n) is 12.5. The van der Waals surface area contributed by atoms with Gasteiger partial charge in [-0.25, -0.2) is 0 Å². The zero-order valence-corrected chi connectivity index (χ0v) is 26.4. The van der Waals surface area contributed by atoms with Gasteiger partial charge in [0.2, 0.25) is 11.6 Å². The van der Waals surface area contributed by atoms with Gasteiger partial charge in [0.05, 0.1) is 19.2 Å². The molecule has 0 radical (unpaired) electrons. The van der Waals surface area contributed by atoms with Crippen LogP contribution in [-0.4, -0.2) is 35.0 Å². The number of rotatable bonds is 2. The lowest BCUT2D eigenvalue weighted by molar-refractivity contribution is 0.0187. The second-order valence-corrected chi connectivity index (χ2v) is 13.9. The lowest BCUT2D eigenvalue weighted by Gasteiger charge is -2.05. The molecule has 2 aliphatic carbocycles. The van der Waals surface area contributed by atoms with Crippen LogP contribution in [0.5, 0.6) is 0 Å². The lowest BCUT2D eigenvalue weighted by atomic mass is 10.1. The number of hydrogen-bond donors (Lipinski definition) is 0. The fraction of sp³-hybridized carbons (Fsp3) is 0.286. The van der Waals surface area contributed by atoms with Gasteiger partial charge in [-0.05, 0) is 37.1 Å². The molecule has 4 nitrogen and oxygen atoms in total. The third-order valence-corrected chi connectivity index (χ3v) is 13.3. The number of Topliss-reactive ketones (excluding diaryl/α,β-unsaturated/α-hetero) is 4. The minimum atomic E-state index is -4.01. The quantitative estimate of drug-likeness (QED) is 0.140. The summed E-state index contributed by atoms with van der Waals surface area (Å²) in [5, 5.41) is 0. The normalized spacial score (nSPS) is 16.6. The van der Waals surface area contributed by atoms with Gasteiger partial charge in [-0.3, -0.25) is 19.2 Å². The molecule has 0 N–H and O–H groups in total. The van der Waals surface area contributed by atoms with E-state index in [9.17, 15) is 36.7 Å². The van der Waals surface area contributed by atoms with Crippen LogP contribution in [0.3, 0.4) is 0 Å². The molecular formula is C28H20F4O4S5. The van der Waals surface area contributed by atoms with E-state index in [1.807, 2.05) is 39.8 Å². The summed E-state index contributed by atoms with van der Waals surface area (Å²) in [7, 11) is 0. The van der Waals surface area contributed by atoms with Crippen LogP contribution in [0.2, 0.25) is 0 Å². The van der Waals surface area contributed by atoms with Crippen molar-refractivity contribution in [3.63, 3.8) is 0 Å². The first-order chi connectivity index (χ1) is 19.3. The third kappa shape index (κ3) is 3.92. The van der Waals surface area contributed by atoms with Crippen molar-refractivity contribution < 1.29 is 36.7 Å². The van der Waals surface area contributed by atoms with E-state index in [1.165, 1.54) is 34.0 Å². The van der Waals surface area contributed by atoms with Gasteiger partial charge in [0.1, 0.15) is 0 Å². The highest BCUT2D eigenvalue weighted by molar-refractivity contribution is 7.41. The highest BCUT2D eigenvalue weighted by atomic mass is 32.1. The van der Waals surface area contributed by atoms with Gasteiger partial charge in [0.15, 0.2) is 0 Å². The van der Waals surface area contributed by atoms with Gasteiger partial charge in [-0.1, -0.05) is 27.7 Å². The van der Waals surface area contributed by atoms with Crippen molar-refractivity contribution in [2.45, 2.75) is 53.4 Å². The number of alkyl halides is 4. The van der Waals surface area contributed by atoms with Crippen molar-refractivity contribution in [2.24, 2.45) is 0 Å². The Morgan fingerprint density at radius 2 is 0.854 bits per heavy atom. The Kier molecular flexibility index (Phi) is 7.30. The largest absolute Gasteiger partial charge is 0.372 e. The molecule has 5 aromatic rings. The van der Waals surface area contributed by atoms with Gasteiger partial charge in [0, 0.05) is 40.0 Å². The molecular weight excluding hydrogens is 637 g/mol. The average molecular weight is 657 g/mol. The second-order valence-electron chi connectivity index (χ2n) is 8.70. The molecule has 0 spiro atoms. The predicted octanol–water partition coefficient (Wildman–Crippen LogP) is 10.3. The smallest absolute Gasteiger partial charge is 0.287 e. The molecule has 0 fully saturated rings. The molecule has 13 heteroatoms. The first-order valence-corrected chi connectivity index (χ1v) is 16.6. The van der Waals surface area contributed by atoms with E-state index in [0.717, 1.165) is 51.2 Å². The fourth-order valence-electron chi connectivity index (χ4n) is 4.73. The van der Waals surface area contributed by atoms with E-state index < -0.39 is 35.0 Å². The summed E-state index contributed by atoms with van der Waals surface area (Å²) < 4.78 is 59.4. The van der Waals surface area contributed by atoms with Gasteiger partial charge in [0.25, 0.3) is 11.6 Å². The monoisotopic (exact) mass is 656 g/mol. The van der Waals surface area contributed by atoms with Crippen molar-refractivity contribution in [1.29, 1.82) is 0 Å². The number of carbonyl (C=O) groups is 4. The molecule has 41 heavy (non-hydrogen) atoms. The summed E-state index contributed by atoms with van der Waals surface area (Å²) in [5.41, 5.74) is 0.321. The van der Waals surface area contributed by atoms with Crippen molar-refractivity contribution in [3.05, 3.63) is 44.1 Å². The minimum absolute atomic E-state index is 0.203. The van der Waals surface area contributed by atoms with E-state index >= 15 is 0 Å². The molecule has 7 rings (SSSR count). The number of ketones is 4. The van der Waals surface area contributed by atoms with E-state index in [1.54, 1.807) is 13.8 Å². The SMILES string of the molecule is CC.CC.Cc1c(-c2cc3sc4cc(-c5sc6c(c5C)C(=O)C(F)(F)C6=O)sc4c3s2)sc2c1C(=O)C(F)(F)C2=O. The summed E-state index contributed by atoms with van der Waals surface area (Å²) in [4.78, 5) is 50.7. The van der Waals surface area contributed by atoms with Crippen LogP contribution in [0.15, 0.2) is 12.1 Å². The highest BCUT2D eigenvalue weighted by Gasteiger charge is 2.58. The van der Waals surface area contributed by atoms with Crippen LogP contribution in [0.1, 0.15) is 78.9 Å². The number of fused-ring (bicyclic) bond motifs is 5. The van der Waals surface area contributed by atoms with E-state index in [4.69, 9.17) is 0 Å². The van der Waals surface area contributed by atoms with Crippen molar-refractivity contribution in [1.82, 2.24) is 0 Å². The Labute approximate surface area is 251 Å². The topological polar surface area (TPSA) is 68.3 Å². The van der Waals surface area contributed by atoms with Crippen molar-refractivity contribution >= 4 is 98.6 Å². The number of thiophene rings is 5. The molecule has 2 aliphatic rings. The maximum atomic E-state index is 13.9. The Morgan fingerprint density at radius 1 is 0.512 bits per heavy atom. The summed E-state index contributed by atoms with van der Waals surface area (Å²) in [6.45, 7) is 11.1. The zero-order chi connectivity index (χ0) is 30.3. The lowest BCUT2D eigenvalue weighted by Crippen LogP contribution is -2.30. The maximum Gasteiger partial charge on any atom is 0.372 e. The molecule has 214 valence electrons. The Hall–Kier alpha value is -2.58. The first kappa shape index (κ1) is 29.9. The second kappa shape index (κ2) is 10.0. The van der Waals surface area contributed by atoms with Crippen LogP contribution in [0.25, 0.3) is 38.3 Å². The van der Waals surface area contributed by atoms with E-state index in [0.29, 0.717) is 20.9 Å². The summed E-state index contributed by atoms with van der Waals surface area (Å²) in [6, 6.07) is 3.81. The Balaban J connectivity index is 0.000000810. The molecule has 0 amide bonds. The molecule has 0 saturated carbocycles. The molecule has 0 bridgehead atoms. The standard InChI is InChI=1S/C24H8F4O4S5.2C2H6/c1-5-11-17(21(31)23(25,26)19(11)29)36-13(5)7-3-9-15(34-7)16-10(33-9)4-8(35-16)14-6(2)12-18(37-14)22(32)24(27,28)20(12)30;2*1-2/h3-4H,1-2H3;2*1-2H3. The van der Waals surface area contributed by atoms with Gasteiger partial charge < -0.3 is 0 Å². The average Bonchev–Trinajstić information content (AvgIpc) is 3.78. The molecule has 0 aliphatic heterocycles. The molecule has 0 saturated heterocycles. The van der Waals surface area contributed by atoms with Gasteiger partial charge >= 0.3 is 11.8 Å². The minimum Gasteiger partial charge on any atom is -0.287 e. The van der Waals surface area contributed by atoms with Gasteiger partial charge in [-0.2, -0.15) is 17.6 Å². The molecule has 5 aromatic heterocycles. The summed E-state index contributed by atoms with van der Waals surface area (Å²) in [5.74, 6) is -13.8.